The lowest BCUT2D eigenvalue weighted by Gasteiger charge is -2.07. The van der Waals surface area contributed by atoms with Gasteiger partial charge in [0.1, 0.15) is 0 Å². The molecule has 16 heavy (non-hydrogen) atoms. The number of unbranched alkanes of at least 4 members (excludes halogenated alkanes) is 1. The number of benzene rings is 1. The van der Waals surface area contributed by atoms with E-state index in [4.69, 9.17) is 4.74 Å². The van der Waals surface area contributed by atoms with Crippen LogP contribution < -0.4 is 10.1 Å². The molecule has 0 unspecified atom stereocenters. The number of nitrogens with one attached hydrogen (secondary N) is 1. The maximum Gasteiger partial charge on any atom is 0.167 e. The number of anilines is 1. The van der Waals surface area contributed by atoms with E-state index < -0.39 is 0 Å². The highest BCUT2D eigenvalue weighted by molar-refractivity contribution is 7.98. The van der Waals surface area contributed by atoms with Crippen molar-refractivity contribution in [2.45, 2.75) is 12.8 Å². The minimum absolute atomic E-state index is 0.285. The second kappa shape index (κ2) is 7.39. The van der Waals surface area contributed by atoms with Crippen LogP contribution in [-0.2, 0) is 0 Å². The maximum atomic E-state index is 13.3. The molecule has 0 radical (unpaired) electrons. The van der Waals surface area contributed by atoms with E-state index in [2.05, 4.69) is 11.6 Å². The van der Waals surface area contributed by atoms with E-state index in [1.807, 2.05) is 17.8 Å². The lowest BCUT2D eigenvalue weighted by atomic mass is 10.2. The molecule has 1 aromatic rings. The van der Waals surface area contributed by atoms with Crippen LogP contribution in [0.5, 0.6) is 5.75 Å². The molecule has 0 fully saturated rings. The fraction of sp³-hybridized carbons (Fsp3) is 0.500. The zero-order chi connectivity index (χ0) is 11.8. The lowest BCUT2D eigenvalue weighted by molar-refractivity contribution is 0.386. The van der Waals surface area contributed by atoms with Crippen LogP contribution >= 0.6 is 11.8 Å². The Kier molecular flexibility index (Phi) is 6.08. The second-order valence-electron chi connectivity index (χ2n) is 3.48. The average Bonchev–Trinajstić information content (AvgIpc) is 2.29. The van der Waals surface area contributed by atoms with E-state index in [0.29, 0.717) is 0 Å². The van der Waals surface area contributed by atoms with Crippen LogP contribution in [0.15, 0.2) is 18.2 Å². The van der Waals surface area contributed by atoms with Gasteiger partial charge in [0.15, 0.2) is 11.6 Å². The van der Waals surface area contributed by atoms with E-state index >= 15 is 0 Å². The summed E-state index contributed by atoms with van der Waals surface area (Å²) in [4.78, 5) is 0. The molecule has 90 valence electrons. The molecule has 1 rings (SSSR count). The minimum Gasteiger partial charge on any atom is -0.494 e. The Morgan fingerprint density at radius 2 is 2.19 bits per heavy atom. The van der Waals surface area contributed by atoms with Gasteiger partial charge in [-0.15, -0.1) is 0 Å². The van der Waals surface area contributed by atoms with Gasteiger partial charge in [-0.2, -0.15) is 11.8 Å². The van der Waals surface area contributed by atoms with Crippen LogP contribution in [0.4, 0.5) is 10.1 Å². The monoisotopic (exact) mass is 243 g/mol. The molecule has 0 amide bonds. The summed E-state index contributed by atoms with van der Waals surface area (Å²) in [5.41, 5.74) is 0.808. The number of hydrogen-bond donors (Lipinski definition) is 1. The summed E-state index contributed by atoms with van der Waals surface area (Å²) >= 11 is 1.85. The normalized spacial score (nSPS) is 10.2. The summed E-state index contributed by atoms with van der Waals surface area (Å²) in [5.74, 6) is 1.14. The zero-order valence-electron chi connectivity index (χ0n) is 9.75. The smallest absolute Gasteiger partial charge is 0.167 e. The van der Waals surface area contributed by atoms with Crippen LogP contribution in [-0.4, -0.2) is 25.7 Å². The predicted octanol–water partition coefficient (Wildman–Crippen LogP) is 3.39. The number of methoxy groups -OCH3 is 1. The van der Waals surface area contributed by atoms with Gasteiger partial charge in [0.05, 0.1) is 7.11 Å². The van der Waals surface area contributed by atoms with Crippen molar-refractivity contribution in [2.24, 2.45) is 0 Å². The van der Waals surface area contributed by atoms with Gasteiger partial charge >= 0.3 is 0 Å². The van der Waals surface area contributed by atoms with Crippen molar-refractivity contribution in [3.8, 4) is 5.75 Å². The van der Waals surface area contributed by atoms with Crippen molar-refractivity contribution in [3.63, 3.8) is 0 Å². The van der Waals surface area contributed by atoms with Crippen LogP contribution in [0.3, 0.4) is 0 Å². The lowest BCUT2D eigenvalue weighted by Crippen LogP contribution is -2.02. The van der Waals surface area contributed by atoms with Gasteiger partial charge in [0.25, 0.3) is 0 Å². The standard InChI is InChI=1S/C12H18FNOS/c1-15-12-6-5-10(9-11(12)13)14-7-3-4-8-16-2/h5-6,9,14H,3-4,7-8H2,1-2H3. The molecule has 0 saturated heterocycles. The van der Waals surface area contributed by atoms with Gasteiger partial charge < -0.3 is 10.1 Å². The van der Waals surface area contributed by atoms with E-state index in [9.17, 15) is 4.39 Å². The van der Waals surface area contributed by atoms with Gasteiger partial charge in [-0.3, -0.25) is 0 Å². The largest absolute Gasteiger partial charge is 0.494 e. The first-order valence-electron chi connectivity index (χ1n) is 5.34. The Bertz CT molecular complexity index is 320. The fourth-order valence-corrected chi connectivity index (χ4v) is 1.87. The van der Waals surface area contributed by atoms with E-state index in [-0.39, 0.29) is 11.6 Å². The van der Waals surface area contributed by atoms with Crippen molar-refractivity contribution in [1.29, 1.82) is 0 Å². The molecule has 0 saturated carbocycles. The molecule has 4 heteroatoms. The molecule has 0 bridgehead atoms. The number of thioether (sulfide) groups is 1. The van der Waals surface area contributed by atoms with E-state index in [1.54, 1.807) is 6.07 Å². The Labute approximate surface area is 101 Å². The quantitative estimate of drug-likeness (QED) is 0.742. The summed E-state index contributed by atoms with van der Waals surface area (Å²) in [7, 11) is 1.47. The molecule has 0 aliphatic heterocycles. The van der Waals surface area contributed by atoms with E-state index in [0.717, 1.165) is 18.7 Å². The van der Waals surface area contributed by atoms with Gasteiger partial charge in [0.2, 0.25) is 0 Å². The Hall–Kier alpha value is -0.900. The number of ether oxygens (including phenoxy) is 1. The third-order valence-electron chi connectivity index (χ3n) is 2.26. The molecule has 0 atom stereocenters. The molecular formula is C12H18FNOS. The Morgan fingerprint density at radius 3 is 2.81 bits per heavy atom. The molecular weight excluding hydrogens is 225 g/mol. The highest BCUT2D eigenvalue weighted by atomic mass is 32.2. The van der Waals surface area contributed by atoms with Crippen LogP contribution in [0.2, 0.25) is 0 Å². The number of rotatable bonds is 7. The average molecular weight is 243 g/mol. The molecule has 0 heterocycles. The summed E-state index contributed by atoms with van der Waals surface area (Å²) in [6, 6.07) is 4.93. The van der Waals surface area contributed by atoms with Crippen LogP contribution in [0.25, 0.3) is 0 Å². The molecule has 1 N–H and O–H groups in total. The SMILES string of the molecule is COc1ccc(NCCCCSC)cc1F. The minimum atomic E-state index is -0.323. The van der Waals surface area contributed by atoms with Gasteiger partial charge in [-0.25, -0.2) is 4.39 Å². The van der Waals surface area contributed by atoms with E-state index in [1.165, 1.54) is 25.3 Å². The summed E-state index contributed by atoms with van der Waals surface area (Å²) in [5, 5.41) is 3.19. The third-order valence-corrected chi connectivity index (χ3v) is 2.95. The fourth-order valence-electron chi connectivity index (χ4n) is 1.38. The van der Waals surface area contributed by atoms with Crippen LogP contribution in [0, 0.1) is 5.82 Å². The first-order valence-corrected chi connectivity index (χ1v) is 6.73. The van der Waals surface area contributed by atoms with Crippen molar-refractivity contribution in [3.05, 3.63) is 24.0 Å². The maximum absolute atomic E-state index is 13.3. The summed E-state index contributed by atoms with van der Waals surface area (Å²) < 4.78 is 18.2. The third kappa shape index (κ3) is 4.31. The molecule has 0 aliphatic rings. The zero-order valence-corrected chi connectivity index (χ0v) is 10.6. The Morgan fingerprint density at radius 1 is 1.38 bits per heavy atom. The van der Waals surface area contributed by atoms with Crippen molar-refractivity contribution < 1.29 is 9.13 Å². The molecule has 0 spiro atoms. The second-order valence-corrected chi connectivity index (χ2v) is 4.46. The van der Waals surface area contributed by atoms with Gasteiger partial charge in [-0.1, -0.05) is 0 Å². The molecule has 0 aliphatic carbocycles. The molecule has 1 aromatic carbocycles. The number of hydrogen-bond acceptors (Lipinski definition) is 3. The summed E-state index contributed by atoms with van der Waals surface area (Å²) in [6.45, 7) is 0.881. The van der Waals surface area contributed by atoms with Crippen molar-refractivity contribution in [1.82, 2.24) is 0 Å². The van der Waals surface area contributed by atoms with Crippen LogP contribution in [0.1, 0.15) is 12.8 Å². The topological polar surface area (TPSA) is 21.3 Å². The highest BCUT2D eigenvalue weighted by Crippen LogP contribution is 2.20. The molecule has 0 aromatic heterocycles. The molecule has 2 nitrogen and oxygen atoms in total. The predicted molar refractivity (Wildman–Crippen MR) is 69.1 cm³/mol. The Balaban J connectivity index is 2.34. The van der Waals surface area contributed by atoms with Crippen molar-refractivity contribution in [2.75, 3.05) is 31.0 Å². The summed E-state index contributed by atoms with van der Waals surface area (Å²) in [6.07, 6.45) is 4.40. The highest BCUT2D eigenvalue weighted by Gasteiger charge is 2.02. The van der Waals surface area contributed by atoms with Gasteiger partial charge in [-0.05, 0) is 37.0 Å². The van der Waals surface area contributed by atoms with Gasteiger partial charge in [0, 0.05) is 18.3 Å². The first kappa shape index (κ1) is 13.2. The van der Waals surface area contributed by atoms with Crippen molar-refractivity contribution >= 4 is 17.4 Å². The number of halogens is 1. The first-order chi connectivity index (χ1) is 7.77.